The Hall–Kier alpha value is 0.0569. The quantitative estimate of drug-likeness (QED) is 0.400. The first-order chi connectivity index (χ1) is 8.26. The summed E-state index contributed by atoms with van der Waals surface area (Å²) in [6, 6.07) is 0. The molecule has 4 nitrogen and oxygen atoms in total. The molecule has 0 rings (SSSR count). The SMILES string of the molecule is CCCCC(C)[SiH](OCCOC)OCCOC. The van der Waals surface area contributed by atoms with Gasteiger partial charge in [-0.2, -0.15) is 0 Å². The Labute approximate surface area is 107 Å². The monoisotopic (exact) mass is 264 g/mol. The fraction of sp³-hybridized carbons (Fsp3) is 1.00. The van der Waals surface area contributed by atoms with E-state index in [1.54, 1.807) is 14.2 Å². The number of ether oxygens (including phenoxy) is 2. The molecule has 0 aromatic carbocycles. The molecule has 0 aromatic rings. The minimum absolute atomic E-state index is 0.545. The van der Waals surface area contributed by atoms with Crippen LogP contribution < -0.4 is 0 Å². The van der Waals surface area contributed by atoms with Gasteiger partial charge in [-0.1, -0.05) is 26.7 Å². The zero-order chi connectivity index (χ0) is 12.9. The maximum Gasteiger partial charge on any atom is 0.324 e. The molecule has 0 amide bonds. The molecule has 0 fully saturated rings. The minimum atomic E-state index is -1.58. The van der Waals surface area contributed by atoms with Crippen molar-refractivity contribution in [2.24, 2.45) is 0 Å². The van der Waals surface area contributed by atoms with Crippen LogP contribution in [0.2, 0.25) is 5.54 Å². The van der Waals surface area contributed by atoms with Crippen molar-refractivity contribution in [3.63, 3.8) is 0 Å². The molecule has 0 N–H and O–H groups in total. The molecular formula is C12H28O4Si. The van der Waals surface area contributed by atoms with Crippen molar-refractivity contribution in [1.29, 1.82) is 0 Å². The first kappa shape index (κ1) is 17.1. The van der Waals surface area contributed by atoms with E-state index in [2.05, 4.69) is 13.8 Å². The maximum absolute atomic E-state index is 5.82. The minimum Gasteiger partial charge on any atom is -0.394 e. The van der Waals surface area contributed by atoms with Crippen molar-refractivity contribution in [3.05, 3.63) is 0 Å². The zero-order valence-corrected chi connectivity index (χ0v) is 12.9. The van der Waals surface area contributed by atoms with E-state index in [4.69, 9.17) is 18.3 Å². The predicted molar refractivity (Wildman–Crippen MR) is 71.8 cm³/mol. The normalized spacial score (nSPS) is 13.2. The summed E-state index contributed by atoms with van der Waals surface area (Å²) in [5.41, 5.74) is 0.545. The molecule has 17 heavy (non-hydrogen) atoms. The van der Waals surface area contributed by atoms with Crippen molar-refractivity contribution in [2.75, 3.05) is 40.6 Å². The van der Waals surface area contributed by atoms with Crippen LogP contribution in [0.1, 0.15) is 33.1 Å². The van der Waals surface area contributed by atoms with E-state index in [-0.39, 0.29) is 0 Å². The van der Waals surface area contributed by atoms with Crippen LogP contribution in [0, 0.1) is 0 Å². The Kier molecular flexibility index (Phi) is 12.6. The smallest absolute Gasteiger partial charge is 0.324 e. The molecule has 0 aliphatic carbocycles. The van der Waals surface area contributed by atoms with E-state index in [9.17, 15) is 0 Å². The van der Waals surface area contributed by atoms with Gasteiger partial charge >= 0.3 is 9.28 Å². The molecule has 0 aliphatic rings. The van der Waals surface area contributed by atoms with Crippen LogP contribution in [0.4, 0.5) is 0 Å². The summed E-state index contributed by atoms with van der Waals surface area (Å²) >= 11 is 0. The number of rotatable bonds is 12. The fourth-order valence-corrected chi connectivity index (χ4v) is 3.45. The zero-order valence-electron chi connectivity index (χ0n) is 11.7. The second-order valence-corrected chi connectivity index (χ2v) is 6.76. The number of hydrogen-bond donors (Lipinski definition) is 0. The van der Waals surface area contributed by atoms with E-state index in [1.165, 1.54) is 19.3 Å². The summed E-state index contributed by atoms with van der Waals surface area (Å²) in [5.74, 6) is 0. The molecule has 1 atom stereocenters. The fourth-order valence-electron chi connectivity index (χ4n) is 1.53. The number of unbranched alkanes of at least 4 members (excludes halogenated alkanes) is 1. The van der Waals surface area contributed by atoms with Crippen LogP contribution in [-0.4, -0.2) is 49.9 Å². The standard InChI is InChI=1S/C12H28O4Si/c1-5-6-7-12(2)17(15-10-8-13-3)16-11-9-14-4/h12,17H,5-11H2,1-4H3. The summed E-state index contributed by atoms with van der Waals surface area (Å²) in [7, 11) is 1.79. The molecule has 1 unspecified atom stereocenters. The molecule has 0 saturated heterocycles. The second kappa shape index (κ2) is 12.5. The highest BCUT2D eigenvalue weighted by molar-refractivity contribution is 6.46. The molecule has 0 aliphatic heterocycles. The summed E-state index contributed by atoms with van der Waals surface area (Å²) in [6.45, 7) is 6.98. The van der Waals surface area contributed by atoms with E-state index in [0.717, 1.165) is 0 Å². The third-order valence-corrected chi connectivity index (χ3v) is 5.01. The van der Waals surface area contributed by atoms with Crippen molar-refractivity contribution in [2.45, 2.75) is 38.7 Å². The van der Waals surface area contributed by atoms with E-state index in [0.29, 0.717) is 32.0 Å². The first-order valence-corrected chi connectivity index (χ1v) is 8.08. The number of hydrogen-bond acceptors (Lipinski definition) is 4. The van der Waals surface area contributed by atoms with Gasteiger partial charge in [-0.3, -0.25) is 0 Å². The van der Waals surface area contributed by atoms with Gasteiger partial charge in [0.1, 0.15) is 0 Å². The molecule has 0 saturated carbocycles. The molecule has 0 heterocycles. The molecule has 5 heteroatoms. The molecule has 104 valence electrons. The van der Waals surface area contributed by atoms with Crippen LogP contribution in [-0.2, 0) is 18.3 Å². The Morgan fingerprint density at radius 2 is 1.47 bits per heavy atom. The van der Waals surface area contributed by atoms with Gasteiger partial charge in [0.25, 0.3) is 0 Å². The Morgan fingerprint density at radius 1 is 0.941 bits per heavy atom. The van der Waals surface area contributed by atoms with E-state index < -0.39 is 9.28 Å². The van der Waals surface area contributed by atoms with Gasteiger partial charge in [0.15, 0.2) is 0 Å². The lowest BCUT2D eigenvalue weighted by Gasteiger charge is -2.22. The molecule has 0 radical (unpaired) electrons. The van der Waals surface area contributed by atoms with Crippen LogP contribution in [0.5, 0.6) is 0 Å². The van der Waals surface area contributed by atoms with Crippen LogP contribution in [0.3, 0.4) is 0 Å². The highest BCUT2D eigenvalue weighted by atomic mass is 28.3. The number of methoxy groups -OCH3 is 2. The maximum atomic E-state index is 5.82. The molecular weight excluding hydrogens is 236 g/mol. The topological polar surface area (TPSA) is 36.9 Å². The summed E-state index contributed by atoms with van der Waals surface area (Å²) in [4.78, 5) is 0. The highest BCUT2D eigenvalue weighted by Gasteiger charge is 2.21. The van der Waals surface area contributed by atoms with Crippen LogP contribution in [0.25, 0.3) is 0 Å². The third kappa shape index (κ3) is 9.73. The molecule has 0 spiro atoms. The summed E-state index contributed by atoms with van der Waals surface area (Å²) < 4.78 is 21.6. The Balaban J connectivity index is 3.89. The average Bonchev–Trinajstić information content (AvgIpc) is 2.34. The van der Waals surface area contributed by atoms with Crippen LogP contribution >= 0.6 is 0 Å². The Bertz CT molecular complexity index is 147. The van der Waals surface area contributed by atoms with Crippen molar-refractivity contribution in [3.8, 4) is 0 Å². The van der Waals surface area contributed by atoms with Gasteiger partial charge in [-0.15, -0.1) is 0 Å². The predicted octanol–water partition coefficient (Wildman–Crippen LogP) is 2.11. The second-order valence-electron chi connectivity index (χ2n) is 4.22. The van der Waals surface area contributed by atoms with Gasteiger partial charge < -0.3 is 18.3 Å². The van der Waals surface area contributed by atoms with Crippen molar-refractivity contribution >= 4 is 9.28 Å². The van der Waals surface area contributed by atoms with E-state index >= 15 is 0 Å². The van der Waals surface area contributed by atoms with Gasteiger partial charge in [0, 0.05) is 14.2 Å². The first-order valence-electron chi connectivity index (χ1n) is 6.47. The lowest BCUT2D eigenvalue weighted by molar-refractivity contribution is 0.0961. The lowest BCUT2D eigenvalue weighted by atomic mass is 10.2. The van der Waals surface area contributed by atoms with Crippen molar-refractivity contribution in [1.82, 2.24) is 0 Å². The van der Waals surface area contributed by atoms with Gasteiger partial charge in [-0.25, -0.2) is 0 Å². The molecule has 0 aromatic heterocycles. The third-order valence-electron chi connectivity index (χ3n) is 2.62. The highest BCUT2D eigenvalue weighted by Crippen LogP contribution is 2.19. The van der Waals surface area contributed by atoms with E-state index in [1.807, 2.05) is 0 Å². The largest absolute Gasteiger partial charge is 0.394 e. The van der Waals surface area contributed by atoms with Gasteiger partial charge in [-0.05, 0) is 12.0 Å². The molecule has 0 bridgehead atoms. The lowest BCUT2D eigenvalue weighted by Crippen LogP contribution is -2.30. The van der Waals surface area contributed by atoms with Gasteiger partial charge in [0.05, 0.1) is 26.4 Å². The van der Waals surface area contributed by atoms with Crippen molar-refractivity contribution < 1.29 is 18.3 Å². The summed E-state index contributed by atoms with van der Waals surface area (Å²) in [5, 5.41) is 0. The average molecular weight is 264 g/mol. The van der Waals surface area contributed by atoms with Crippen LogP contribution in [0.15, 0.2) is 0 Å². The Morgan fingerprint density at radius 3 is 1.88 bits per heavy atom. The van der Waals surface area contributed by atoms with Gasteiger partial charge in [0.2, 0.25) is 0 Å². The summed E-state index contributed by atoms with van der Waals surface area (Å²) in [6.07, 6.45) is 3.65.